The van der Waals surface area contributed by atoms with Crippen LogP contribution >= 0.6 is 11.3 Å². The van der Waals surface area contributed by atoms with Crippen molar-refractivity contribution >= 4 is 27.3 Å². The summed E-state index contributed by atoms with van der Waals surface area (Å²) in [5.74, 6) is -1.77. The molecule has 0 amide bonds. The fourth-order valence-corrected chi connectivity index (χ4v) is 4.31. The highest BCUT2D eigenvalue weighted by Gasteiger charge is 2.24. The molecule has 0 aliphatic heterocycles. The average molecular weight is 386 g/mol. The minimum Gasteiger partial charge on any atom is -0.455 e. The maximum Gasteiger partial charge on any atom is 0.341 e. The number of thiazole rings is 1. The minimum atomic E-state index is -3.79. The fourth-order valence-electron chi connectivity index (χ4n) is 2.23. The summed E-state index contributed by atoms with van der Waals surface area (Å²) < 4.78 is 45.3. The van der Waals surface area contributed by atoms with Crippen molar-refractivity contribution < 1.29 is 22.3 Å². The monoisotopic (exact) mass is 386 g/mol. The molecule has 1 aromatic carbocycles. The van der Waals surface area contributed by atoms with Gasteiger partial charge in [0.25, 0.3) is 0 Å². The largest absolute Gasteiger partial charge is 0.455 e. The maximum absolute atomic E-state index is 14.0. The third-order valence-electron chi connectivity index (χ3n) is 3.52. The highest BCUT2D eigenvalue weighted by Crippen LogP contribution is 2.20. The van der Waals surface area contributed by atoms with Crippen molar-refractivity contribution in [2.45, 2.75) is 32.3 Å². The molecule has 136 valence electrons. The summed E-state index contributed by atoms with van der Waals surface area (Å²) >= 11 is 1.41. The van der Waals surface area contributed by atoms with Crippen molar-refractivity contribution in [2.24, 2.45) is 0 Å². The maximum atomic E-state index is 14.0. The van der Waals surface area contributed by atoms with Crippen LogP contribution in [0.25, 0.3) is 0 Å². The van der Waals surface area contributed by atoms with Gasteiger partial charge in [-0.15, -0.1) is 11.3 Å². The Labute approximate surface area is 150 Å². The molecular formula is C16H19FN2O4S2. The highest BCUT2D eigenvalue weighted by atomic mass is 32.2. The lowest BCUT2D eigenvalue weighted by Crippen LogP contribution is -2.30. The summed E-state index contributed by atoms with van der Waals surface area (Å²) in [6.45, 7) is 5.68. The predicted molar refractivity (Wildman–Crippen MR) is 92.5 cm³/mol. The minimum absolute atomic E-state index is 0.102. The molecule has 0 atom stereocenters. The number of sulfonamides is 1. The molecule has 2 aromatic rings. The van der Waals surface area contributed by atoms with Gasteiger partial charge in [0.15, 0.2) is 0 Å². The van der Waals surface area contributed by atoms with Crippen molar-refractivity contribution in [1.29, 1.82) is 0 Å². The lowest BCUT2D eigenvalue weighted by atomic mass is 10.2. The molecule has 2 rings (SSSR count). The van der Waals surface area contributed by atoms with Crippen LogP contribution in [0.2, 0.25) is 0 Å². The van der Waals surface area contributed by atoms with Gasteiger partial charge >= 0.3 is 5.97 Å². The van der Waals surface area contributed by atoms with E-state index in [1.807, 2.05) is 6.92 Å². The van der Waals surface area contributed by atoms with Gasteiger partial charge in [-0.3, -0.25) is 0 Å². The molecule has 0 bridgehead atoms. The molecule has 0 aliphatic rings. The molecule has 0 spiro atoms. The first-order valence-electron chi connectivity index (χ1n) is 7.67. The van der Waals surface area contributed by atoms with E-state index in [4.69, 9.17) is 4.74 Å². The quantitative estimate of drug-likeness (QED) is 0.684. The van der Waals surface area contributed by atoms with E-state index >= 15 is 0 Å². The Hall–Kier alpha value is -1.84. The van der Waals surface area contributed by atoms with Crippen LogP contribution in [0.5, 0.6) is 0 Å². The van der Waals surface area contributed by atoms with Crippen LogP contribution in [0.4, 0.5) is 4.39 Å². The van der Waals surface area contributed by atoms with Gasteiger partial charge in [0.2, 0.25) is 10.0 Å². The second kappa shape index (κ2) is 8.03. The van der Waals surface area contributed by atoms with Gasteiger partial charge < -0.3 is 4.74 Å². The van der Waals surface area contributed by atoms with E-state index in [1.54, 1.807) is 19.2 Å². The molecule has 0 N–H and O–H groups in total. The van der Waals surface area contributed by atoms with Gasteiger partial charge in [0.1, 0.15) is 12.4 Å². The Balaban J connectivity index is 2.24. The molecular weight excluding hydrogens is 367 g/mol. The second-order valence-corrected chi connectivity index (χ2v) is 8.17. The second-order valence-electron chi connectivity index (χ2n) is 5.16. The molecule has 0 fully saturated rings. The molecule has 0 unspecified atom stereocenters. The molecule has 1 heterocycles. The third-order valence-corrected chi connectivity index (χ3v) is 6.39. The van der Waals surface area contributed by atoms with Crippen molar-refractivity contribution in [2.75, 3.05) is 13.1 Å². The smallest absolute Gasteiger partial charge is 0.341 e. The average Bonchev–Trinajstić information content (AvgIpc) is 2.99. The van der Waals surface area contributed by atoms with E-state index in [1.165, 1.54) is 15.6 Å². The number of halogens is 1. The summed E-state index contributed by atoms with van der Waals surface area (Å²) in [5.41, 5.74) is 0.142. The van der Waals surface area contributed by atoms with E-state index in [9.17, 15) is 17.6 Å². The number of hydrogen-bond donors (Lipinski definition) is 0. The van der Waals surface area contributed by atoms with Crippen LogP contribution in [-0.4, -0.2) is 36.8 Å². The van der Waals surface area contributed by atoms with Gasteiger partial charge in [-0.2, -0.15) is 4.31 Å². The number of carbonyl (C=O) groups excluding carboxylic acids is 1. The van der Waals surface area contributed by atoms with E-state index in [2.05, 4.69) is 4.98 Å². The van der Waals surface area contributed by atoms with Crippen molar-refractivity contribution in [1.82, 2.24) is 9.29 Å². The zero-order valence-corrected chi connectivity index (χ0v) is 15.8. The SMILES string of the molecule is CCN(CC)S(=O)(=O)c1ccc(F)c(C(=O)OCc2csc(C)n2)c1. The molecule has 25 heavy (non-hydrogen) atoms. The van der Waals surface area contributed by atoms with E-state index in [0.29, 0.717) is 5.69 Å². The number of ether oxygens (including phenoxy) is 1. The van der Waals surface area contributed by atoms with Crippen LogP contribution in [0.1, 0.15) is 34.9 Å². The first kappa shape index (κ1) is 19.5. The van der Waals surface area contributed by atoms with Crippen LogP contribution in [0.15, 0.2) is 28.5 Å². The third kappa shape index (κ3) is 4.42. The summed E-state index contributed by atoms with van der Waals surface area (Å²) in [5, 5.41) is 2.56. The van der Waals surface area contributed by atoms with Gasteiger partial charge in [-0.1, -0.05) is 13.8 Å². The number of aryl methyl sites for hydroxylation is 1. The fraction of sp³-hybridized carbons (Fsp3) is 0.375. The van der Waals surface area contributed by atoms with Gasteiger partial charge in [0, 0.05) is 18.5 Å². The van der Waals surface area contributed by atoms with Crippen LogP contribution < -0.4 is 0 Å². The summed E-state index contributed by atoms with van der Waals surface area (Å²) in [6.07, 6.45) is 0. The first-order chi connectivity index (χ1) is 11.8. The highest BCUT2D eigenvalue weighted by molar-refractivity contribution is 7.89. The molecule has 0 saturated carbocycles. The standard InChI is InChI=1S/C16H19FN2O4S2/c1-4-19(5-2)25(21,22)13-6-7-15(17)14(8-13)16(20)23-9-12-10-24-11(3)18-12/h6-8,10H,4-5,9H2,1-3H3. The van der Waals surface area contributed by atoms with E-state index < -0.39 is 27.4 Å². The van der Waals surface area contributed by atoms with Crippen molar-refractivity contribution in [3.63, 3.8) is 0 Å². The molecule has 0 radical (unpaired) electrons. The number of esters is 1. The topological polar surface area (TPSA) is 76.6 Å². The van der Waals surface area contributed by atoms with Gasteiger partial charge in [-0.25, -0.2) is 22.6 Å². The Bertz CT molecular complexity index is 861. The number of carbonyl (C=O) groups is 1. The van der Waals surface area contributed by atoms with E-state index in [-0.39, 0.29) is 24.6 Å². The summed E-state index contributed by atoms with van der Waals surface area (Å²) in [4.78, 5) is 16.1. The normalized spacial score (nSPS) is 11.7. The molecule has 1 aromatic heterocycles. The summed E-state index contributed by atoms with van der Waals surface area (Å²) in [7, 11) is -3.79. The predicted octanol–water partition coefficient (Wildman–Crippen LogP) is 2.98. The number of hydrogen-bond acceptors (Lipinski definition) is 6. The van der Waals surface area contributed by atoms with Crippen molar-refractivity contribution in [3.05, 3.63) is 45.7 Å². The Morgan fingerprint density at radius 1 is 1.32 bits per heavy atom. The summed E-state index contributed by atoms with van der Waals surface area (Å²) in [6, 6.07) is 3.11. The Kier molecular flexibility index (Phi) is 6.26. The first-order valence-corrected chi connectivity index (χ1v) is 9.99. The number of aromatic nitrogens is 1. The lowest BCUT2D eigenvalue weighted by Gasteiger charge is -2.18. The lowest BCUT2D eigenvalue weighted by molar-refractivity contribution is 0.0462. The molecule has 6 nitrogen and oxygen atoms in total. The Morgan fingerprint density at radius 3 is 2.56 bits per heavy atom. The van der Waals surface area contributed by atoms with E-state index in [0.717, 1.165) is 23.2 Å². The van der Waals surface area contributed by atoms with Crippen molar-refractivity contribution in [3.8, 4) is 0 Å². The van der Waals surface area contributed by atoms with Crippen LogP contribution in [-0.2, 0) is 21.4 Å². The molecule has 9 heteroatoms. The number of nitrogens with zero attached hydrogens (tertiary/aromatic N) is 2. The number of rotatable bonds is 7. The zero-order valence-electron chi connectivity index (χ0n) is 14.2. The number of benzene rings is 1. The van der Waals surface area contributed by atoms with Crippen LogP contribution in [0, 0.1) is 12.7 Å². The zero-order chi connectivity index (χ0) is 18.6. The Morgan fingerprint density at radius 2 is 2.00 bits per heavy atom. The van der Waals surface area contributed by atoms with Crippen LogP contribution in [0.3, 0.4) is 0 Å². The molecule has 0 aliphatic carbocycles. The van der Waals surface area contributed by atoms with Gasteiger partial charge in [-0.05, 0) is 25.1 Å². The van der Waals surface area contributed by atoms with Gasteiger partial charge in [0.05, 0.1) is 21.2 Å². The molecule has 0 saturated heterocycles.